The zero-order valence-electron chi connectivity index (χ0n) is 14.8. The Hall–Kier alpha value is -2.67. The molecule has 0 aromatic heterocycles. The summed E-state index contributed by atoms with van der Waals surface area (Å²) in [6.07, 6.45) is 0. The quantitative estimate of drug-likeness (QED) is 0.782. The smallest absolute Gasteiger partial charge is 0.251 e. The van der Waals surface area contributed by atoms with Crippen molar-refractivity contribution in [2.75, 3.05) is 13.1 Å². The van der Waals surface area contributed by atoms with Gasteiger partial charge in [-0.3, -0.25) is 14.4 Å². The number of carbonyl (C=O) groups excluding carboxylic acids is 3. The van der Waals surface area contributed by atoms with Crippen LogP contribution in [-0.2, 0) is 9.59 Å². The van der Waals surface area contributed by atoms with Crippen molar-refractivity contribution >= 4 is 33.7 Å². The highest BCUT2D eigenvalue weighted by Gasteiger charge is 2.36. The molecule has 0 radical (unpaired) electrons. The molecule has 2 aromatic carbocycles. The average molecular weight is 430 g/mol. The number of amides is 3. The zero-order valence-corrected chi connectivity index (χ0v) is 16.4. The van der Waals surface area contributed by atoms with E-state index < -0.39 is 12.1 Å². The number of rotatable bonds is 4. The summed E-state index contributed by atoms with van der Waals surface area (Å²) in [5.74, 6) is -0.835. The van der Waals surface area contributed by atoms with Crippen molar-refractivity contribution in [3.63, 3.8) is 0 Å². The second-order valence-electron chi connectivity index (χ2n) is 6.34. The third-order valence-electron chi connectivity index (χ3n) is 4.43. The van der Waals surface area contributed by atoms with E-state index in [1.807, 2.05) is 30.3 Å². The Balaban J connectivity index is 1.77. The van der Waals surface area contributed by atoms with Gasteiger partial charge in [-0.1, -0.05) is 46.3 Å². The van der Waals surface area contributed by atoms with Gasteiger partial charge in [-0.2, -0.15) is 0 Å². The van der Waals surface area contributed by atoms with Gasteiger partial charge in [0, 0.05) is 23.1 Å². The number of nitrogens with one attached hydrogen (secondary N) is 2. The van der Waals surface area contributed by atoms with Gasteiger partial charge < -0.3 is 15.5 Å². The molecule has 0 aliphatic carbocycles. The van der Waals surface area contributed by atoms with Gasteiger partial charge in [0.05, 0.1) is 0 Å². The minimum Gasteiger partial charge on any atom is -0.352 e. The highest BCUT2D eigenvalue weighted by Crippen LogP contribution is 2.25. The van der Waals surface area contributed by atoms with Crippen LogP contribution in [0.1, 0.15) is 28.9 Å². The predicted octanol–water partition coefficient (Wildman–Crippen LogP) is 2.27. The van der Waals surface area contributed by atoms with Gasteiger partial charge in [-0.15, -0.1) is 0 Å². The Morgan fingerprint density at radius 2 is 1.81 bits per heavy atom. The molecule has 1 aliphatic rings. The van der Waals surface area contributed by atoms with E-state index in [1.54, 1.807) is 31.2 Å². The summed E-state index contributed by atoms with van der Waals surface area (Å²) in [4.78, 5) is 39.3. The fourth-order valence-electron chi connectivity index (χ4n) is 3.06. The Kier molecular flexibility index (Phi) is 5.91. The Morgan fingerprint density at radius 3 is 2.48 bits per heavy atom. The average Bonchev–Trinajstić information content (AvgIpc) is 2.68. The van der Waals surface area contributed by atoms with E-state index in [1.165, 1.54) is 4.90 Å². The highest BCUT2D eigenvalue weighted by molar-refractivity contribution is 9.10. The van der Waals surface area contributed by atoms with Gasteiger partial charge in [0.15, 0.2) is 0 Å². The second kappa shape index (κ2) is 8.35. The first-order chi connectivity index (χ1) is 13.0. The van der Waals surface area contributed by atoms with Crippen molar-refractivity contribution in [1.29, 1.82) is 0 Å². The lowest BCUT2D eigenvalue weighted by molar-refractivity contribution is -0.144. The third kappa shape index (κ3) is 4.36. The Bertz CT molecular complexity index is 839. The molecule has 7 heteroatoms. The summed E-state index contributed by atoms with van der Waals surface area (Å²) in [7, 11) is 0. The topological polar surface area (TPSA) is 78.5 Å². The molecule has 3 rings (SSSR count). The van der Waals surface area contributed by atoms with E-state index in [2.05, 4.69) is 26.6 Å². The third-order valence-corrected chi connectivity index (χ3v) is 4.96. The van der Waals surface area contributed by atoms with Crippen molar-refractivity contribution in [2.45, 2.75) is 19.0 Å². The van der Waals surface area contributed by atoms with Gasteiger partial charge in [0.2, 0.25) is 11.8 Å². The molecule has 0 unspecified atom stereocenters. The summed E-state index contributed by atoms with van der Waals surface area (Å²) in [6.45, 7) is 2.40. The lowest BCUT2D eigenvalue weighted by Crippen LogP contribution is -2.56. The summed E-state index contributed by atoms with van der Waals surface area (Å²) in [6, 6.07) is 14.6. The normalized spacial score (nSPS) is 17.8. The first-order valence-electron chi connectivity index (χ1n) is 8.67. The molecule has 27 heavy (non-hydrogen) atoms. The largest absolute Gasteiger partial charge is 0.352 e. The minimum absolute atomic E-state index is 0.224. The fraction of sp³-hybridized carbons (Fsp3) is 0.250. The molecular weight excluding hydrogens is 410 g/mol. The van der Waals surface area contributed by atoms with E-state index in [4.69, 9.17) is 0 Å². The molecule has 2 N–H and O–H groups in total. The highest BCUT2D eigenvalue weighted by atomic mass is 79.9. The molecule has 2 aromatic rings. The summed E-state index contributed by atoms with van der Waals surface area (Å²) in [5.41, 5.74) is 1.21. The van der Waals surface area contributed by atoms with Crippen LogP contribution < -0.4 is 10.6 Å². The van der Waals surface area contributed by atoms with E-state index >= 15 is 0 Å². The number of nitrogens with zero attached hydrogens (tertiary/aromatic N) is 1. The summed E-state index contributed by atoms with van der Waals surface area (Å²) in [5, 5.41) is 5.52. The van der Waals surface area contributed by atoms with Crippen LogP contribution in [0.4, 0.5) is 0 Å². The van der Waals surface area contributed by atoms with Crippen LogP contribution in [0.3, 0.4) is 0 Å². The number of carbonyl (C=O) groups is 3. The Morgan fingerprint density at radius 1 is 1.15 bits per heavy atom. The molecular formula is C20H20BrN3O3. The molecule has 140 valence electrons. The molecule has 0 saturated carbocycles. The first-order valence-corrected chi connectivity index (χ1v) is 9.46. The van der Waals surface area contributed by atoms with Crippen molar-refractivity contribution in [1.82, 2.24) is 15.5 Å². The van der Waals surface area contributed by atoms with Crippen LogP contribution in [0, 0.1) is 0 Å². The van der Waals surface area contributed by atoms with E-state index in [9.17, 15) is 14.4 Å². The van der Waals surface area contributed by atoms with Crippen LogP contribution in [0.5, 0.6) is 0 Å². The molecule has 1 fully saturated rings. The number of piperazine rings is 1. The summed E-state index contributed by atoms with van der Waals surface area (Å²) >= 11 is 3.37. The summed E-state index contributed by atoms with van der Waals surface area (Å²) < 4.78 is 0.892. The first kappa shape index (κ1) is 19.1. The maximum absolute atomic E-state index is 13.0. The van der Waals surface area contributed by atoms with E-state index in [-0.39, 0.29) is 17.7 Å². The number of halogens is 1. The van der Waals surface area contributed by atoms with Crippen molar-refractivity contribution in [2.24, 2.45) is 0 Å². The van der Waals surface area contributed by atoms with E-state index in [0.29, 0.717) is 18.7 Å². The molecule has 6 nitrogen and oxygen atoms in total. The van der Waals surface area contributed by atoms with Crippen LogP contribution >= 0.6 is 15.9 Å². The number of hydrogen-bond donors (Lipinski definition) is 2. The molecule has 3 amide bonds. The van der Waals surface area contributed by atoms with Gasteiger partial charge >= 0.3 is 0 Å². The SMILES string of the molecule is C[C@@H](NC(=O)c1ccccc1)C(=O)N1CCNC(=O)[C@@H]1c1ccc(Br)cc1. The Labute approximate surface area is 166 Å². The van der Waals surface area contributed by atoms with Crippen molar-refractivity contribution in [3.8, 4) is 0 Å². The van der Waals surface area contributed by atoms with Crippen LogP contribution in [0.2, 0.25) is 0 Å². The molecule has 1 aliphatic heterocycles. The number of benzene rings is 2. The van der Waals surface area contributed by atoms with Gasteiger partial charge in [-0.05, 0) is 36.8 Å². The lowest BCUT2D eigenvalue weighted by atomic mass is 10.0. The molecule has 0 bridgehead atoms. The maximum atomic E-state index is 13.0. The zero-order chi connectivity index (χ0) is 19.4. The molecule has 1 heterocycles. The number of hydrogen-bond acceptors (Lipinski definition) is 3. The second-order valence-corrected chi connectivity index (χ2v) is 7.25. The van der Waals surface area contributed by atoms with E-state index in [0.717, 1.165) is 10.0 Å². The van der Waals surface area contributed by atoms with Crippen molar-refractivity contribution < 1.29 is 14.4 Å². The minimum atomic E-state index is -0.749. The van der Waals surface area contributed by atoms with Crippen molar-refractivity contribution in [3.05, 3.63) is 70.2 Å². The maximum Gasteiger partial charge on any atom is 0.251 e. The molecule has 1 saturated heterocycles. The van der Waals surface area contributed by atoms with Crippen LogP contribution in [0.15, 0.2) is 59.1 Å². The monoisotopic (exact) mass is 429 g/mol. The predicted molar refractivity (Wildman–Crippen MR) is 105 cm³/mol. The fourth-order valence-corrected chi connectivity index (χ4v) is 3.32. The molecule has 0 spiro atoms. The molecule has 2 atom stereocenters. The standard InChI is InChI=1S/C20H20BrN3O3/c1-13(23-18(25)15-5-3-2-4-6-15)20(27)24-12-11-22-19(26)17(24)14-7-9-16(21)10-8-14/h2-10,13,17H,11-12H2,1H3,(H,22,26)(H,23,25)/t13-,17+/m1/s1. The van der Waals surface area contributed by atoms with Gasteiger partial charge in [0.25, 0.3) is 5.91 Å². The van der Waals surface area contributed by atoms with Crippen LogP contribution in [-0.4, -0.2) is 41.8 Å². The van der Waals surface area contributed by atoms with Gasteiger partial charge in [-0.25, -0.2) is 0 Å². The van der Waals surface area contributed by atoms with Crippen LogP contribution in [0.25, 0.3) is 0 Å². The lowest BCUT2D eigenvalue weighted by Gasteiger charge is -2.36. The van der Waals surface area contributed by atoms with Gasteiger partial charge in [0.1, 0.15) is 12.1 Å².